The highest BCUT2D eigenvalue weighted by molar-refractivity contribution is 7.99. The molecule has 2 unspecified atom stereocenters. The van der Waals surface area contributed by atoms with Crippen LogP contribution in [-0.2, 0) is 0 Å². The summed E-state index contributed by atoms with van der Waals surface area (Å²) >= 11 is 2.03. The molecule has 0 aromatic carbocycles. The van der Waals surface area contributed by atoms with Gasteiger partial charge in [0.15, 0.2) is 0 Å². The molecule has 2 atom stereocenters. The molecule has 1 heterocycles. The fourth-order valence-electron chi connectivity index (χ4n) is 2.03. The largest absolute Gasteiger partial charge is 0.388 e. The van der Waals surface area contributed by atoms with E-state index in [4.69, 9.17) is 11.1 Å². The van der Waals surface area contributed by atoms with E-state index in [0.717, 1.165) is 19.4 Å². The summed E-state index contributed by atoms with van der Waals surface area (Å²) in [5.41, 5.74) is 5.47. The first-order valence-electron chi connectivity index (χ1n) is 5.31. The van der Waals surface area contributed by atoms with Crippen LogP contribution >= 0.6 is 11.8 Å². The van der Waals surface area contributed by atoms with Gasteiger partial charge in [-0.1, -0.05) is 6.92 Å². The Bertz CT molecular complexity index is 196. The molecule has 1 aliphatic heterocycles. The molecule has 1 rings (SSSR count). The molecule has 3 nitrogen and oxygen atoms in total. The molecular weight excluding hydrogens is 194 g/mol. The van der Waals surface area contributed by atoms with Gasteiger partial charge in [0, 0.05) is 36.6 Å². The molecule has 0 bridgehead atoms. The molecule has 0 spiro atoms. The summed E-state index contributed by atoms with van der Waals surface area (Å²) in [6, 6.07) is 1.11. The SMILES string of the molecule is CCC(CC(=N)N)N1CCSCC1C. The van der Waals surface area contributed by atoms with Crippen molar-refractivity contribution in [1.82, 2.24) is 4.90 Å². The normalized spacial score (nSPS) is 26.0. The number of thioether (sulfide) groups is 1. The van der Waals surface area contributed by atoms with Crippen LogP contribution in [0, 0.1) is 5.41 Å². The van der Waals surface area contributed by atoms with E-state index in [2.05, 4.69) is 18.7 Å². The summed E-state index contributed by atoms with van der Waals surface area (Å²) < 4.78 is 0. The van der Waals surface area contributed by atoms with E-state index in [1.54, 1.807) is 0 Å². The molecule has 0 saturated carbocycles. The maximum atomic E-state index is 7.36. The monoisotopic (exact) mass is 215 g/mol. The van der Waals surface area contributed by atoms with Gasteiger partial charge in [0.05, 0.1) is 5.84 Å². The van der Waals surface area contributed by atoms with E-state index in [1.807, 2.05) is 11.8 Å². The molecular formula is C10H21N3S. The molecule has 0 amide bonds. The van der Waals surface area contributed by atoms with Crippen molar-refractivity contribution in [3.8, 4) is 0 Å². The highest BCUT2D eigenvalue weighted by Gasteiger charge is 2.25. The van der Waals surface area contributed by atoms with Crippen molar-refractivity contribution in [2.45, 2.75) is 38.8 Å². The van der Waals surface area contributed by atoms with Gasteiger partial charge in [-0.2, -0.15) is 11.8 Å². The number of hydrogen-bond acceptors (Lipinski definition) is 3. The lowest BCUT2D eigenvalue weighted by Gasteiger charge is -2.38. The molecule has 14 heavy (non-hydrogen) atoms. The van der Waals surface area contributed by atoms with Gasteiger partial charge in [-0.3, -0.25) is 10.3 Å². The van der Waals surface area contributed by atoms with Crippen molar-refractivity contribution in [2.24, 2.45) is 5.73 Å². The van der Waals surface area contributed by atoms with Crippen LogP contribution in [0.3, 0.4) is 0 Å². The van der Waals surface area contributed by atoms with E-state index in [0.29, 0.717) is 17.9 Å². The molecule has 0 aliphatic carbocycles. The third-order valence-electron chi connectivity index (χ3n) is 2.81. The van der Waals surface area contributed by atoms with Gasteiger partial charge in [-0.15, -0.1) is 0 Å². The standard InChI is InChI=1S/C10H21N3S/c1-3-9(6-10(11)12)13-4-5-14-7-8(13)2/h8-9H,3-7H2,1-2H3,(H3,11,12). The average Bonchev–Trinajstić information content (AvgIpc) is 2.15. The van der Waals surface area contributed by atoms with Crippen LogP contribution in [0.5, 0.6) is 0 Å². The zero-order chi connectivity index (χ0) is 10.6. The van der Waals surface area contributed by atoms with Crippen molar-refractivity contribution in [1.29, 1.82) is 5.41 Å². The number of nitrogens with zero attached hydrogens (tertiary/aromatic N) is 1. The Morgan fingerprint density at radius 3 is 2.93 bits per heavy atom. The first kappa shape index (κ1) is 11.9. The molecule has 0 aromatic heterocycles. The molecule has 0 radical (unpaired) electrons. The summed E-state index contributed by atoms with van der Waals surface area (Å²) in [5, 5.41) is 7.36. The zero-order valence-corrected chi connectivity index (χ0v) is 9.94. The molecule has 4 heteroatoms. The molecule has 1 saturated heterocycles. The van der Waals surface area contributed by atoms with Gasteiger partial charge >= 0.3 is 0 Å². The van der Waals surface area contributed by atoms with Crippen LogP contribution in [0.25, 0.3) is 0 Å². The van der Waals surface area contributed by atoms with Crippen molar-refractivity contribution >= 4 is 17.6 Å². The average molecular weight is 215 g/mol. The first-order chi connectivity index (χ1) is 6.65. The minimum atomic E-state index is 0.322. The van der Waals surface area contributed by atoms with Gasteiger partial charge in [-0.05, 0) is 13.3 Å². The topological polar surface area (TPSA) is 53.1 Å². The summed E-state index contributed by atoms with van der Waals surface area (Å²) in [6.07, 6.45) is 1.82. The lowest BCUT2D eigenvalue weighted by Crippen LogP contribution is -2.48. The van der Waals surface area contributed by atoms with Crippen LogP contribution in [0.1, 0.15) is 26.7 Å². The minimum absolute atomic E-state index is 0.322. The van der Waals surface area contributed by atoms with Crippen molar-refractivity contribution < 1.29 is 0 Å². The van der Waals surface area contributed by atoms with E-state index in [1.165, 1.54) is 11.5 Å². The Kier molecular flexibility index (Phi) is 4.75. The first-order valence-corrected chi connectivity index (χ1v) is 6.47. The molecule has 3 N–H and O–H groups in total. The third kappa shape index (κ3) is 3.17. The lowest BCUT2D eigenvalue weighted by atomic mass is 10.1. The fraction of sp³-hybridized carbons (Fsp3) is 0.900. The van der Waals surface area contributed by atoms with E-state index < -0.39 is 0 Å². The van der Waals surface area contributed by atoms with Crippen LogP contribution in [0.2, 0.25) is 0 Å². The van der Waals surface area contributed by atoms with E-state index in [-0.39, 0.29) is 0 Å². The van der Waals surface area contributed by atoms with Gasteiger partial charge in [-0.25, -0.2) is 0 Å². The number of nitrogens with two attached hydrogens (primary N) is 1. The second kappa shape index (κ2) is 5.61. The van der Waals surface area contributed by atoms with Crippen molar-refractivity contribution in [3.63, 3.8) is 0 Å². The van der Waals surface area contributed by atoms with Gasteiger partial charge in [0.25, 0.3) is 0 Å². The van der Waals surface area contributed by atoms with Crippen molar-refractivity contribution in [2.75, 3.05) is 18.1 Å². The summed E-state index contributed by atoms with van der Waals surface area (Å²) in [6.45, 7) is 5.61. The van der Waals surface area contributed by atoms with Crippen LogP contribution < -0.4 is 5.73 Å². The minimum Gasteiger partial charge on any atom is -0.388 e. The Morgan fingerprint density at radius 1 is 1.71 bits per heavy atom. The van der Waals surface area contributed by atoms with Crippen molar-refractivity contribution in [3.05, 3.63) is 0 Å². The van der Waals surface area contributed by atoms with E-state index in [9.17, 15) is 0 Å². The maximum absolute atomic E-state index is 7.36. The van der Waals surface area contributed by atoms with Crippen LogP contribution in [0.4, 0.5) is 0 Å². The van der Waals surface area contributed by atoms with Gasteiger partial charge in [0.2, 0.25) is 0 Å². The molecule has 1 fully saturated rings. The summed E-state index contributed by atoms with van der Waals surface area (Å²) in [7, 11) is 0. The molecule has 82 valence electrons. The Morgan fingerprint density at radius 2 is 2.43 bits per heavy atom. The second-order valence-corrected chi connectivity index (χ2v) is 5.10. The smallest absolute Gasteiger partial charge is 0.0921 e. The van der Waals surface area contributed by atoms with Crippen LogP contribution in [0.15, 0.2) is 0 Å². The van der Waals surface area contributed by atoms with Crippen LogP contribution in [-0.4, -0.2) is 40.9 Å². The fourth-order valence-corrected chi connectivity index (χ4v) is 3.07. The highest BCUT2D eigenvalue weighted by Crippen LogP contribution is 2.21. The van der Waals surface area contributed by atoms with E-state index >= 15 is 0 Å². The number of hydrogen-bond donors (Lipinski definition) is 2. The predicted octanol–water partition coefficient (Wildman–Crippen LogP) is 1.53. The quantitative estimate of drug-likeness (QED) is 0.552. The number of amidine groups is 1. The Labute approximate surface area is 90.9 Å². The summed E-state index contributed by atoms with van der Waals surface area (Å²) in [5.74, 6) is 2.76. The second-order valence-electron chi connectivity index (χ2n) is 3.95. The van der Waals surface area contributed by atoms with Gasteiger partial charge in [0.1, 0.15) is 0 Å². The third-order valence-corrected chi connectivity index (χ3v) is 4.00. The maximum Gasteiger partial charge on any atom is 0.0921 e. The zero-order valence-electron chi connectivity index (χ0n) is 9.12. The Hall–Kier alpha value is -0.220. The molecule has 0 aromatic rings. The molecule has 1 aliphatic rings. The number of rotatable bonds is 4. The number of nitrogens with one attached hydrogen (secondary N) is 1. The van der Waals surface area contributed by atoms with Gasteiger partial charge < -0.3 is 5.73 Å². The lowest BCUT2D eigenvalue weighted by molar-refractivity contribution is 0.160. The summed E-state index contributed by atoms with van der Waals surface area (Å²) in [4.78, 5) is 2.51. The highest BCUT2D eigenvalue weighted by atomic mass is 32.2. The Balaban J connectivity index is 2.52. The predicted molar refractivity (Wildman–Crippen MR) is 64.1 cm³/mol.